The Hall–Kier alpha value is -3.52. The van der Waals surface area contributed by atoms with Crippen molar-refractivity contribution in [1.29, 1.82) is 0 Å². The highest BCUT2D eigenvalue weighted by atomic mass is 32.1. The fraction of sp³-hybridized carbons (Fsp3) is 0.174. The molecule has 1 saturated heterocycles. The van der Waals surface area contributed by atoms with Crippen LogP contribution in [0.2, 0.25) is 0 Å². The number of thiocarbonyl (C=S) groups is 1. The minimum Gasteiger partial charge on any atom is -0.442 e. The van der Waals surface area contributed by atoms with Crippen LogP contribution in [0.3, 0.4) is 0 Å². The van der Waals surface area contributed by atoms with Crippen molar-refractivity contribution in [3.05, 3.63) is 76.7 Å². The molecule has 3 aromatic carbocycles. The number of carbonyl (C=O) groups excluding carboxylic acids is 1. The number of cyclic esters (lactones) is 1. The SMILES string of the molecule is CC(=S)NCC1CN(c2ccc(Nc3cccc4ccccc4c3=O)c(F)c2)C(=O)O1. The van der Waals surface area contributed by atoms with E-state index in [0.717, 1.165) is 5.39 Å². The normalized spacial score (nSPS) is 15.6. The first kappa shape index (κ1) is 20.7. The topological polar surface area (TPSA) is 70.7 Å². The Balaban J connectivity index is 1.56. The van der Waals surface area contributed by atoms with Crippen molar-refractivity contribution >= 4 is 51.1 Å². The van der Waals surface area contributed by atoms with Crippen molar-refractivity contribution in [2.75, 3.05) is 23.3 Å². The number of anilines is 3. The van der Waals surface area contributed by atoms with Crippen molar-refractivity contribution in [3.63, 3.8) is 0 Å². The molecule has 31 heavy (non-hydrogen) atoms. The summed E-state index contributed by atoms with van der Waals surface area (Å²) in [6.45, 7) is 2.42. The maximum absolute atomic E-state index is 14.8. The second kappa shape index (κ2) is 8.69. The monoisotopic (exact) mass is 437 g/mol. The summed E-state index contributed by atoms with van der Waals surface area (Å²) >= 11 is 4.97. The molecule has 3 aromatic rings. The molecule has 0 aliphatic carbocycles. The number of nitrogens with one attached hydrogen (secondary N) is 2. The van der Waals surface area contributed by atoms with E-state index >= 15 is 0 Å². The van der Waals surface area contributed by atoms with Crippen LogP contribution < -0.4 is 21.0 Å². The Morgan fingerprint density at radius 1 is 1.13 bits per heavy atom. The maximum atomic E-state index is 14.8. The first-order chi connectivity index (χ1) is 14.9. The highest BCUT2D eigenvalue weighted by Crippen LogP contribution is 2.27. The third kappa shape index (κ3) is 4.49. The number of hydrogen-bond acceptors (Lipinski definition) is 5. The molecule has 1 aliphatic rings. The first-order valence-corrected chi connectivity index (χ1v) is 10.1. The molecule has 1 atom stereocenters. The number of carbonyl (C=O) groups is 1. The van der Waals surface area contributed by atoms with Gasteiger partial charge in [0, 0.05) is 5.39 Å². The maximum Gasteiger partial charge on any atom is 0.414 e. The van der Waals surface area contributed by atoms with Gasteiger partial charge >= 0.3 is 6.09 Å². The molecule has 0 saturated carbocycles. The molecular weight excluding hydrogens is 417 g/mol. The zero-order valence-electron chi connectivity index (χ0n) is 16.7. The summed E-state index contributed by atoms with van der Waals surface area (Å²) in [6, 6.07) is 16.8. The number of benzene rings is 2. The Kier molecular flexibility index (Phi) is 5.81. The van der Waals surface area contributed by atoms with E-state index in [0.29, 0.717) is 22.6 Å². The molecular formula is C23H20FN3O3S. The molecule has 158 valence electrons. The predicted molar refractivity (Wildman–Crippen MR) is 124 cm³/mol. The Morgan fingerprint density at radius 3 is 2.68 bits per heavy atom. The van der Waals surface area contributed by atoms with Gasteiger partial charge < -0.3 is 15.4 Å². The van der Waals surface area contributed by atoms with E-state index in [1.807, 2.05) is 18.2 Å². The molecule has 1 unspecified atom stereocenters. The average molecular weight is 437 g/mol. The number of nitrogens with zero attached hydrogens (tertiary/aromatic N) is 1. The molecule has 1 fully saturated rings. The quantitative estimate of drug-likeness (QED) is 0.579. The zero-order chi connectivity index (χ0) is 22.0. The van der Waals surface area contributed by atoms with Crippen molar-refractivity contribution in [2.24, 2.45) is 0 Å². The van der Waals surface area contributed by atoms with E-state index < -0.39 is 11.9 Å². The molecule has 1 aliphatic heterocycles. The van der Waals surface area contributed by atoms with Gasteiger partial charge in [0.15, 0.2) is 0 Å². The van der Waals surface area contributed by atoms with Crippen LogP contribution in [-0.4, -0.2) is 30.3 Å². The second-order valence-corrected chi connectivity index (χ2v) is 7.81. The largest absolute Gasteiger partial charge is 0.442 e. The summed E-state index contributed by atoms with van der Waals surface area (Å²) in [6.07, 6.45) is -0.927. The van der Waals surface area contributed by atoms with E-state index in [1.54, 1.807) is 37.3 Å². The number of rotatable bonds is 5. The van der Waals surface area contributed by atoms with Crippen molar-refractivity contribution < 1.29 is 13.9 Å². The van der Waals surface area contributed by atoms with Gasteiger partial charge in [-0.3, -0.25) is 9.69 Å². The van der Waals surface area contributed by atoms with Gasteiger partial charge in [0.25, 0.3) is 0 Å². The number of fused-ring (bicyclic) bond motifs is 1. The van der Waals surface area contributed by atoms with Crippen molar-refractivity contribution in [2.45, 2.75) is 13.0 Å². The lowest BCUT2D eigenvalue weighted by atomic mass is 10.2. The molecule has 0 bridgehead atoms. The van der Waals surface area contributed by atoms with Crippen LogP contribution >= 0.6 is 12.2 Å². The van der Waals surface area contributed by atoms with Crippen LogP contribution in [0, 0.1) is 5.82 Å². The van der Waals surface area contributed by atoms with Crippen LogP contribution in [0.25, 0.3) is 10.8 Å². The number of ether oxygens (including phenoxy) is 1. The minimum absolute atomic E-state index is 0.137. The summed E-state index contributed by atoms with van der Waals surface area (Å²) in [7, 11) is 0. The van der Waals surface area contributed by atoms with Gasteiger partial charge in [0.2, 0.25) is 5.43 Å². The van der Waals surface area contributed by atoms with E-state index in [-0.39, 0.29) is 29.5 Å². The van der Waals surface area contributed by atoms with Gasteiger partial charge in [-0.2, -0.15) is 0 Å². The molecule has 0 radical (unpaired) electrons. The molecule has 0 spiro atoms. The first-order valence-electron chi connectivity index (χ1n) is 9.73. The van der Waals surface area contributed by atoms with Crippen LogP contribution in [-0.2, 0) is 4.74 Å². The van der Waals surface area contributed by atoms with E-state index in [2.05, 4.69) is 10.6 Å². The van der Waals surface area contributed by atoms with Gasteiger partial charge in [-0.1, -0.05) is 48.6 Å². The number of amides is 1. The van der Waals surface area contributed by atoms with Crippen molar-refractivity contribution in [3.8, 4) is 0 Å². The van der Waals surface area contributed by atoms with Gasteiger partial charge in [-0.15, -0.1) is 0 Å². The average Bonchev–Trinajstić information content (AvgIpc) is 3.05. The van der Waals surface area contributed by atoms with Crippen LogP contribution in [0.15, 0.2) is 65.5 Å². The predicted octanol–water partition coefficient (Wildman–Crippen LogP) is 4.34. The number of halogens is 1. The zero-order valence-corrected chi connectivity index (χ0v) is 17.5. The molecule has 4 rings (SSSR count). The summed E-state index contributed by atoms with van der Waals surface area (Å²) in [5.41, 5.74) is 0.547. The molecule has 6 nitrogen and oxygen atoms in total. The second-order valence-electron chi connectivity index (χ2n) is 7.20. The van der Waals surface area contributed by atoms with Crippen LogP contribution in [0.1, 0.15) is 6.92 Å². The highest BCUT2D eigenvalue weighted by molar-refractivity contribution is 7.80. The summed E-state index contributed by atoms with van der Waals surface area (Å²) < 4.78 is 20.1. The lowest BCUT2D eigenvalue weighted by Crippen LogP contribution is -2.32. The lowest BCUT2D eigenvalue weighted by Gasteiger charge is -2.15. The fourth-order valence-corrected chi connectivity index (χ4v) is 3.51. The molecule has 1 heterocycles. The molecule has 0 aromatic heterocycles. The highest BCUT2D eigenvalue weighted by Gasteiger charge is 2.32. The van der Waals surface area contributed by atoms with Gasteiger partial charge in [0.1, 0.15) is 11.9 Å². The van der Waals surface area contributed by atoms with Gasteiger partial charge in [-0.05, 0) is 36.6 Å². The van der Waals surface area contributed by atoms with E-state index in [9.17, 15) is 14.0 Å². The standard InChI is InChI=1S/C23H20FN3O3S/c1-14(31)25-12-17-13-27(23(29)30-17)16-9-10-20(19(24)11-16)26-21-8-4-6-15-5-2-3-7-18(15)22(21)28/h2-11,17H,12-13H2,1H3,(H,25,31)(H,26,28). The van der Waals surface area contributed by atoms with Gasteiger partial charge in [0.05, 0.1) is 35.1 Å². The molecule has 8 heteroatoms. The smallest absolute Gasteiger partial charge is 0.414 e. The van der Waals surface area contributed by atoms with Crippen LogP contribution in [0.4, 0.5) is 26.2 Å². The fourth-order valence-electron chi connectivity index (χ4n) is 3.43. The Morgan fingerprint density at radius 2 is 1.90 bits per heavy atom. The van der Waals surface area contributed by atoms with Gasteiger partial charge in [-0.25, -0.2) is 9.18 Å². The van der Waals surface area contributed by atoms with Crippen LogP contribution in [0.5, 0.6) is 0 Å². The molecule has 2 N–H and O–H groups in total. The van der Waals surface area contributed by atoms with Crippen molar-refractivity contribution in [1.82, 2.24) is 5.32 Å². The Bertz CT molecular complexity index is 1230. The third-order valence-corrected chi connectivity index (χ3v) is 5.12. The summed E-state index contributed by atoms with van der Waals surface area (Å²) in [5.74, 6) is -0.586. The third-order valence-electron chi connectivity index (χ3n) is 4.98. The summed E-state index contributed by atoms with van der Waals surface area (Å²) in [4.78, 5) is 27.0. The number of hydrogen-bond donors (Lipinski definition) is 2. The lowest BCUT2D eigenvalue weighted by molar-refractivity contribution is 0.143. The Labute approximate surface area is 183 Å². The van der Waals surface area contributed by atoms with E-state index in [1.165, 1.54) is 17.0 Å². The molecule has 1 amide bonds. The van der Waals surface area contributed by atoms with E-state index in [4.69, 9.17) is 17.0 Å². The minimum atomic E-state index is -0.586. The summed E-state index contributed by atoms with van der Waals surface area (Å²) in [5, 5.41) is 7.18.